The van der Waals surface area contributed by atoms with Crippen molar-refractivity contribution in [3.8, 4) is 5.75 Å². The van der Waals surface area contributed by atoms with Crippen LogP contribution in [0.25, 0.3) is 0 Å². The van der Waals surface area contributed by atoms with Crippen molar-refractivity contribution in [2.45, 2.75) is 37.9 Å². The largest absolute Gasteiger partial charge is 0.481 e. The molecule has 0 unspecified atom stereocenters. The lowest BCUT2D eigenvalue weighted by atomic mass is 10.2. The van der Waals surface area contributed by atoms with Crippen molar-refractivity contribution in [3.63, 3.8) is 0 Å². The minimum absolute atomic E-state index is 0.247. The normalized spacial score (nSPS) is 13.0. The summed E-state index contributed by atoms with van der Waals surface area (Å²) in [6.07, 6.45) is -5.51. The van der Waals surface area contributed by atoms with Gasteiger partial charge in [0.15, 0.2) is 6.10 Å². The van der Waals surface area contributed by atoms with E-state index in [9.17, 15) is 26.4 Å². The Morgan fingerprint density at radius 2 is 1.63 bits per heavy atom. The molecule has 30 heavy (non-hydrogen) atoms. The van der Waals surface area contributed by atoms with Crippen LogP contribution in [0.3, 0.4) is 0 Å². The third-order valence-electron chi connectivity index (χ3n) is 3.98. The highest BCUT2D eigenvalue weighted by atomic mass is 32.2. The van der Waals surface area contributed by atoms with Gasteiger partial charge in [0.25, 0.3) is 15.9 Å². The van der Waals surface area contributed by atoms with Crippen LogP contribution in [0.15, 0.2) is 53.4 Å². The zero-order chi connectivity index (χ0) is 22.5. The molecule has 0 aliphatic heterocycles. The van der Waals surface area contributed by atoms with Crippen LogP contribution in [0.5, 0.6) is 5.75 Å². The van der Waals surface area contributed by atoms with E-state index in [2.05, 4.69) is 5.32 Å². The SMILES string of the molecule is CC(C)CNC(=O)[C@H](C)Oc1ccc(S(=O)(=O)Nc2ccccc2C(F)(F)F)cc1. The first-order valence-electron chi connectivity index (χ1n) is 9.13. The Hall–Kier alpha value is -2.75. The Balaban J connectivity index is 2.11. The van der Waals surface area contributed by atoms with Gasteiger partial charge in [0.1, 0.15) is 5.75 Å². The maximum atomic E-state index is 13.1. The lowest BCUT2D eigenvalue weighted by molar-refractivity contribution is -0.137. The van der Waals surface area contributed by atoms with Gasteiger partial charge in [0, 0.05) is 6.54 Å². The Morgan fingerprint density at radius 3 is 2.20 bits per heavy atom. The molecule has 2 N–H and O–H groups in total. The van der Waals surface area contributed by atoms with Gasteiger partial charge in [-0.15, -0.1) is 0 Å². The number of para-hydroxylation sites is 1. The average molecular weight is 444 g/mol. The van der Waals surface area contributed by atoms with Gasteiger partial charge >= 0.3 is 6.18 Å². The van der Waals surface area contributed by atoms with E-state index in [-0.39, 0.29) is 22.5 Å². The van der Waals surface area contributed by atoms with Crippen LogP contribution in [0.1, 0.15) is 26.3 Å². The number of ether oxygens (including phenoxy) is 1. The van der Waals surface area contributed by atoms with Gasteiger partial charge in [-0.1, -0.05) is 26.0 Å². The molecule has 0 saturated heterocycles. The number of halogens is 3. The molecule has 6 nitrogen and oxygen atoms in total. The minimum Gasteiger partial charge on any atom is -0.481 e. The number of amides is 1. The third-order valence-corrected chi connectivity index (χ3v) is 5.36. The van der Waals surface area contributed by atoms with Crippen LogP contribution in [-0.2, 0) is 21.0 Å². The molecule has 10 heteroatoms. The second-order valence-corrected chi connectivity index (χ2v) is 8.70. The summed E-state index contributed by atoms with van der Waals surface area (Å²) in [5, 5.41) is 2.72. The summed E-state index contributed by atoms with van der Waals surface area (Å²) in [5.41, 5.74) is -1.66. The number of benzene rings is 2. The summed E-state index contributed by atoms with van der Waals surface area (Å²) in [7, 11) is -4.26. The fourth-order valence-corrected chi connectivity index (χ4v) is 3.51. The number of alkyl halides is 3. The van der Waals surface area contributed by atoms with E-state index in [0.29, 0.717) is 6.54 Å². The van der Waals surface area contributed by atoms with E-state index in [0.717, 1.165) is 12.1 Å². The number of hydrogen-bond acceptors (Lipinski definition) is 4. The molecule has 0 fully saturated rings. The molecular weight excluding hydrogens is 421 g/mol. The molecule has 2 rings (SSSR count). The summed E-state index contributed by atoms with van der Waals surface area (Å²) in [6.45, 7) is 5.95. The topological polar surface area (TPSA) is 84.5 Å². The molecule has 2 aromatic rings. The van der Waals surface area contributed by atoms with Gasteiger partial charge in [-0.05, 0) is 49.2 Å². The molecule has 164 valence electrons. The number of carbonyl (C=O) groups is 1. The number of hydrogen-bond donors (Lipinski definition) is 2. The molecule has 0 spiro atoms. The predicted molar refractivity (Wildman–Crippen MR) is 107 cm³/mol. The Labute approximate surface area is 173 Å². The molecule has 1 amide bonds. The van der Waals surface area contributed by atoms with Crippen LogP contribution in [-0.4, -0.2) is 27.0 Å². The summed E-state index contributed by atoms with van der Waals surface area (Å²) in [5.74, 6) is 0.211. The average Bonchev–Trinajstić information content (AvgIpc) is 2.65. The fourth-order valence-electron chi connectivity index (χ4n) is 2.43. The zero-order valence-corrected chi connectivity index (χ0v) is 17.5. The van der Waals surface area contributed by atoms with Gasteiger partial charge in [-0.2, -0.15) is 13.2 Å². The summed E-state index contributed by atoms with van der Waals surface area (Å²) in [6, 6.07) is 9.34. The summed E-state index contributed by atoms with van der Waals surface area (Å²) >= 11 is 0. The van der Waals surface area contributed by atoms with Crippen molar-refractivity contribution >= 4 is 21.6 Å². The first-order chi connectivity index (χ1) is 13.9. The van der Waals surface area contributed by atoms with Crippen molar-refractivity contribution in [3.05, 3.63) is 54.1 Å². The van der Waals surface area contributed by atoms with Crippen molar-refractivity contribution in [2.24, 2.45) is 5.92 Å². The molecule has 0 aromatic heterocycles. The van der Waals surface area contributed by atoms with E-state index < -0.39 is 33.6 Å². The Kier molecular flexibility index (Phi) is 7.35. The standard InChI is InChI=1S/C20H23F3N2O4S/c1-13(2)12-24-19(26)14(3)29-15-8-10-16(11-9-15)30(27,28)25-18-7-5-4-6-17(18)20(21,22)23/h4-11,13-14,25H,12H2,1-3H3,(H,24,26)/t14-/m0/s1. The van der Waals surface area contributed by atoms with Gasteiger partial charge in [-0.3, -0.25) is 9.52 Å². The van der Waals surface area contributed by atoms with E-state index in [4.69, 9.17) is 4.74 Å². The van der Waals surface area contributed by atoms with Gasteiger partial charge < -0.3 is 10.1 Å². The highest BCUT2D eigenvalue weighted by Crippen LogP contribution is 2.35. The molecule has 0 bridgehead atoms. The maximum absolute atomic E-state index is 13.1. The second kappa shape index (κ2) is 9.38. The highest BCUT2D eigenvalue weighted by molar-refractivity contribution is 7.92. The monoisotopic (exact) mass is 444 g/mol. The number of nitrogens with one attached hydrogen (secondary N) is 2. The predicted octanol–water partition coefficient (Wildman–Crippen LogP) is 4.05. The van der Waals surface area contributed by atoms with Crippen LogP contribution in [0.2, 0.25) is 0 Å². The Bertz CT molecular complexity index is 974. The molecule has 1 atom stereocenters. The first kappa shape index (κ1) is 23.5. The second-order valence-electron chi connectivity index (χ2n) is 7.02. The van der Waals surface area contributed by atoms with Crippen molar-refractivity contribution in [1.29, 1.82) is 0 Å². The van der Waals surface area contributed by atoms with E-state index >= 15 is 0 Å². The smallest absolute Gasteiger partial charge is 0.418 e. The van der Waals surface area contributed by atoms with E-state index in [1.807, 2.05) is 18.6 Å². The zero-order valence-electron chi connectivity index (χ0n) is 16.7. The van der Waals surface area contributed by atoms with Gasteiger partial charge in [-0.25, -0.2) is 8.42 Å². The lowest BCUT2D eigenvalue weighted by Gasteiger charge is -2.16. The third kappa shape index (κ3) is 6.38. The quantitative estimate of drug-likeness (QED) is 0.644. The van der Waals surface area contributed by atoms with E-state index in [1.54, 1.807) is 6.92 Å². The molecule has 0 heterocycles. The van der Waals surface area contributed by atoms with Gasteiger partial charge in [0.05, 0.1) is 16.1 Å². The molecule has 2 aromatic carbocycles. The molecule has 0 aliphatic rings. The Morgan fingerprint density at radius 1 is 1.03 bits per heavy atom. The first-order valence-corrected chi connectivity index (χ1v) is 10.6. The van der Waals surface area contributed by atoms with Gasteiger partial charge in [0.2, 0.25) is 0 Å². The molecular formula is C20H23F3N2O4S. The van der Waals surface area contributed by atoms with Crippen LogP contribution >= 0.6 is 0 Å². The van der Waals surface area contributed by atoms with Crippen LogP contribution in [0, 0.1) is 5.92 Å². The molecule has 0 saturated carbocycles. The molecule has 0 radical (unpaired) electrons. The minimum atomic E-state index is -4.71. The maximum Gasteiger partial charge on any atom is 0.418 e. The van der Waals surface area contributed by atoms with Crippen molar-refractivity contribution in [1.82, 2.24) is 5.32 Å². The van der Waals surface area contributed by atoms with Crippen LogP contribution in [0.4, 0.5) is 18.9 Å². The number of rotatable bonds is 8. The van der Waals surface area contributed by atoms with Crippen LogP contribution < -0.4 is 14.8 Å². The molecule has 0 aliphatic carbocycles. The number of anilines is 1. The van der Waals surface area contributed by atoms with E-state index in [1.165, 1.54) is 36.4 Å². The lowest BCUT2D eigenvalue weighted by Crippen LogP contribution is -2.38. The van der Waals surface area contributed by atoms with Crippen molar-refractivity contribution in [2.75, 3.05) is 11.3 Å². The van der Waals surface area contributed by atoms with Crippen molar-refractivity contribution < 1.29 is 31.1 Å². The summed E-state index contributed by atoms with van der Waals surface area (Å²) < 4.78 is 71.7. The highest BCUT2D eigenvalue weighted by Gasteiger charge is 2.34. The number of sulfonamides is 1. The fraction of sp³-hybridized carbons (Fsp3) is 0.350. The number of carbonyl (C=O) groups excluding carboxylic acids is 1. The summed E-state index contributed by atoms with van der Waals surface area (Å²) in [4.78, 5) is 11.7.